The highest BCUT2D eigenvalue weighted by atomic mass is 16.3. The molecule has 5 nitrogen and oxygen atoms in total. The van der Waals surface area contributed by atoms with Gasteiger partial charge in [0.2, 0.25) is 11.8 Å². The summed E-state index contributed by atoms with van der Waals surface area (Å²) in [6.45, 7) is 0.887. The van der Waals surface area contributed by atoms with Crippen LogP contribution in [0.5, 0.6) is 0 Å². The molecule has 1 atom stereocenters. The van der Waals surface area contributed by atoms with E-state index in [1.54, 1.807) is 17.0 Å². The topological polar surface area (TPSA) is 83.6 Å². The van der Waals surface area contributed by atoms with Crippen molar-refractivity contribution in [3.8, 4) is 0 Å². The van der Waals surface area contributed by atoms with Gasteiger partial charge in [-0.05, 0) is 30.5 Å². The summed E-state index contributed by atoms with van der Waals surface area (Å²) in [5, 5.41) is 8.90. The van der Waals surface area contributed by atoms with Gasteiger partial charge >= 0.3 is 0 Å². The summed E-state index contributed by atoms with van der Waals surface area (Å²) >= 11 is 0. The number of carbonyl (C=O) groups is 2. The molecule has 3 N–H and O–H groups in total. The van der Waals surface area contributed by atoms with Gasteiger partial charge in [0.05, 0.1) is 0 Å². The van der Waals surface area contributed by atoms with E-state index in [9.17, 15) is 9.59 Å². The number of likely N-dealkylation sites (tertiary alicyclic amines) is 1. The van der Waals surface area contributed by atoms with E-state index in [0.717, 1.165) is 18.4 Å². The van der Waals surface area contributed by atoms with Gasteiger partial charge in [-0.2, -0.15) is 0 Å². The first-order valence-electron chi connectivity index (χ1n) is 6.40. The van der Waals surface area contributed by atoms with Crippen LogP contribution >= 0.6 is 0 Å². The van der Waals surface area contributed by atoms with Gasteiger partial charge in [-0.3, -0.25) is 9.59 Å². The lowest BCUT2D eigenvalue weighted by molar-refractivity contribution is -0.135. The Labute approximate surface area is 112 Å². The first-order valence-corrected chi connectivity index (χ1v) is 6.40. The van der Waals surface area contributed by atoms with Gasteiger partial charge in [0.25, 0.3) is 0 Å². The lowest BCUT2D eigenvalue weighted by atomic mass is 9.90. The number of aliphatic hydroxyl groups is 1. The Bertz CT molecular complexity index is 470. The molecule has 2 rings (SSSR count). The fourth-order valence-electron chi connectivity index (χ4n) is 2.50. The number of carbonyl (C=O) groups excluding carboxylic acids is 2. The molecule has 102 valence electrons. The van der Waals surface area contributed by atoms with Gasteiger partial charge in [0.15, 0.2) is 0 Å². The zero-order valence-corrected chi connectivity index (χ0v) is 10.7. The Hall–Kier alpha value is -1.88. The highest BCUT2D eigenvalue weighted by Gasteiger charge is 2.24. The summed E-state index contributed by atoms with van der Waals surface area (Å²) in [7, 11) is 0. The van der Waals surface area contributed by atoms with E-state index in [0.29, 0.717) is 18.7 Å². The van der Waals surface area contributed by atoms with Crippen molar-refractivity contribution < 1.29 is 14.7 Å². The van der Waals surface area contributed by atoms with E-state index < -0.39 is 12.5 Å². The molecule has 2 amide bonds. The number of benzene rings is 1. The van der Waals surface area contributed by atoms with E-state index in [1.807, 2.05) is 12.1 Å². The van der Waals surface area contributed by atoms with Crippen molar-refractivity contribution >= 4 is 11.8 Å². The van der Waals surface area contributed by atoms with Crippen molar-refractivity contribution in [1.29, 1.82) is 0 Å². The van der Waals surface area contributed by atoms with Crippen molar-refractivity contribution in [2.75, 3.05) is 19.7 Å². The number of rotatable bonds is 3. The minimum absolute atomic E-state index is 0.224. The Morgan fingerprint density at radius 2 is 2.00 bits per heavy atom. The second-order valence-electron chi connectivity index (χ2n) is 4.82. The van der Waals surface area contributed by atoms with Crippen molar-refractivity contribution in [2.45, 2.75) is 18.8 Å². The highest BCUT2D eigenvalue weighted by molar-refractivity contribution is 5.92. The van der Waals surface area contributed by atoms with Crippen LogP contribution in [0.2, 0.25) is 0 Å². The van der Waals surface area contributed by atoms with Crippen LogP contribution in [0.4, 0.5) is 0 Å². The van der Waals surface area contributed by atoms with Crippen LogP contribution < -0.4 is 5.73 Å². The molecule has 0 bridgehead atoms. The molecule has 1 saturated heterocycles. The molecule has 0 unspecified atom stereocenters. The molecule has 0 radical (unpaired) electrons. The predicted molar refractivity (Wildman–Crippen MR) is 70.6 cm³/mol. The quantitative estimate of drug-likeness (QED) is 0.831. The van der Waals surface area contributed by atoms with Crippen molar-refractivity contribution in [3.05, 3.63) is 35.4 Å². The average Bonchev–Trinajstić information content (AvgIpc) is 2.46. The third-order valence-electron chi connectivity index (χ3n) is 3.58. The smallest absolute Gasteiger partial charge is 0.248 e. The zero-order valence-electron chi connectivity index (χ0n) is 10.7. The predicted octanol–water partition coefficient (Wildman–Crippen LogP) is 0.484. The van der Waals surface area contributed by atoms with Crippen LogP contribution in [-0.2, 0) is 4.79 Å². The van der Waals surface area contributed by atoms with Crippen LogP contribution in [0.1, 0.15) is 34.7 Å². The zero-order chi connectivity index (χ0) is 13.8. The maximum Gasteiger partial charge on any atom is 0.248 e. The summed E-state index contributed by atoms with van der Waals surface area (Å²) in [5.74, 6) is -0.406. The van der Waals surface area contributed by atoms with E-state index in [2.05, 4.69) is 0 Å². The van der Waals surface area contributed by atoms with Crippen LogP contribution in [0.15, 0.2) is 24.3 Å². The minimum Gasteiger partial charge on any atom is -0.387 e. The lowest BCUT2D eigenvalue weighted by Gasteiger charge is -2.32. The number of amides is 2. The molecule has 5 heteroatoms. The molecule has 0 saturated carbocycles. The van der Waals surface area contributed by atoms with Gasteiger partial charge in [-0.15, -0.1) is 0 Å². The Kier molecular flexibility index (Phi) is 4.16. The number of primary amides is 1. The van der Waals surface area contributed by atoms with E-state index in [1.165, 1.54) is 0 Å². The Morgan fingerprint density at radius 3 is 2.58 bits per heavy atom. The van der Waals surface area contributed by atoms with E-state index in [-0.39, 0.29) is 11.8 Å². The molecule has 0 spiro atoms. The van der Waals surface area contributed by atoms with Crippen molar-refractivity contribution in [1.82, 2.24) is 4.90 Å². The van der Waals surface area contributed by atoms with E-state index in [4.69, 9.17) is 10.8 Å². The lowest BCUT2D eigenvalue weighted by Crippen LogP contribution is -2.40. The minimum atomic E-state index is -0.438. The summed E-state index contributed by atoms with van der Waals surface area (Å²) in [6.07, 6.45) is 1.93. The maximum atomic E-state index is 11.5. The van der Waals surface area contributed by atoms with Gasteiger partial charge in [0.1, 0.15) is 6.61 Å². The standard InChI is InChI=1S/C14H18N2O3/c15-14(19)11-5-3-10(4-6-11)12-2-1-7-16(8-12)13(18)9-17/h3-6,12,17H,1-2,7-9H2,(H2,15,19)/t12-/m1/s1. The largest absolute Gasteiger partial charge is 0.387 e. The van der Waals surface area contributed by atoms with Crippen LogP contribution in [0, 0.1) is 0 Å². The number of piperidine rings is 1. The van der Waals surface area contributed by atoms with Crippen molar-refractivity contribution in [2.24, 2.45) is 5.73 Å². The molecule has 19 heavy (non-hydrogen) atoms. The molecule has 0 aromatic heterocycles. The molecule has 1 aliphatic rings. The molecule has 1 fully saturated rings. The Balaban J connectivity index is 2.08. The van der Waals surface area contributed by atoms with Crippen LogP contribution in [-0.4, -0.2) is 41.5 Å². The summed E-state index contributed by atoms with van der Waals surface area (Å²) in [5.41, 5.74) is 6.79. The second kappa shape index (κ2) is 5.84. The summed E-state index contributed by atoms with van der Waals surface area (Å²) < 4.78 is 0. The molecular weight excluding hydrogens is 244 g/mol. The van der Waals surface area contributed by atoms with Gasteiger partial charge in [0, 0.05) is 24.6 Å². The number of hydrogen-bond donors (Lipinski definition) is 2. The fourth-order valence-corrected chi connectivity index (χ4v) is 2.50. The molecule has 1 aromatic rings. The second-order valence-corrected chi connectivity index (χ2v) is 4.82. The van der Waals surface area contributed by atoms with Gasteiger partial charge < -0.3 is 15.7 Å². The van der Waals surface area contributed by atoms with Crippen molar-refractivity contribution in [3.63, 3.8) is 0 Å². The normalized spacial score (nSPS) is 19.2. The molecule has 1 heterocycles. The molecule has 1 aliphatic heterocycles. The number of nitrogens with zero attached hydrogens (tertiary/aromatic N) is 1. The molecular formula is C14H18N2O3. The monoisotopic (exact) mass is 262 g/mol. The first-order chi connectivity index (χ1) is 9.11. The maximum absolute atomic E-state index is 11.5. The Morgan fingerprint density at radius 1 is 1.32 bits per heavy atom. The number of aliphatic hydroxyl groups excluding tert-OH is 1. The summed E-state index contributed by atoms with van der Waals surface area (Å²) in [4.78, 5) is 24.2. The third-order valence-corrected chi connectivity index (χ3v) is 3.58. The SMILES string of the molecule is NC(=O)c1ccc([C@@H]2CCCN(C(=O)CO)C2)cc1. The van der Waals surface area contributed by atoms with Crippen LogP contribution in [0.25, 0.3) is 0 Å². The van der Waals surface area contributed by atoms with Gasteiger partial charge in [-0.25, -0.2) is 0 Å². The third kappa shape index (κ3) is 3.12. The molecule has 0 aliphatic carbocycles. The van der Waals surface area contributed by atoms with Gasteiger partial charge in [-0.1, -0.05) is 12.1 Å². The number of hydrogen-bond acceptors (Lipinski definition) is 3. The fraction of sp³-hybridized carbons (Fsp3) is 0.429. The number of nitrogens with two attached hydrogens (primary N) is 1. The molecule has 1 aromatic carbocycles. The van der Waals surface area contributed by atoms with Crippen LogP contribution in [0.3, 0.4) is 0 Å². The average molecular weight is 262 g/mol. The van der Waals surface area contributed by atoms with E-state index >= 15 is 0 Å². The first kappa shape index (κ1) is 13.5. The highest BCUT2D eigenvalue weighted by Crippen LogP contribution is 2.27. The summed E-state index contributed by atoms with van der Waals surface area (Å²) in [6, 6.07) is 7.20.